The van der Waals surface area contributed by atoms with E-state index in [4.69, 9.17) is 0 Å². The Morgan fingerprint density at radius 1 is 0.968 bits per heavy atom. The van der Waals surface area contributed by atoms with Gasteiger partial charge in [0.25, 0.3) is 0 Å². The van der Waals surface area contributed by atoms with Crippen LogP contribution in [0.3, 0.4) is 0 Å². The minimum atomic E-state index is 0.303. The smallest absolute Gasteiger partial charge is 0.223 e. The van der Waals surface area contributed by atoms with Crippen LogP contribution in [-0.2, 0) is 4.79 Å². The average Bonchev–Trinajstić information content (AvgIpc) is 3.28. The molecule has 0 N–H and O–H groups in total. The number of piperidine rings is 1. The first kappa shape index (κ1) is 22.3. The summed E-state index contributed by atoms with van der Waals surface area (Å²) in [5.41, 5.74) is 4.29. The van der Waals surface area contributed by atoms with Crippen molar-refractivity contribution in [3.63, 3.8) is 0 Å². The highest BCUT2D eigenvalue weighted by molar-refractivity contribution is 9.10. The van der Waals surface area contributed by atoms with Crippen molar-refractivity contribution >= 4 is 27.5 Å². The molecule has 2 fully saturated rings. The minimum Gasteiger partial charge on any atom is -0.364 e. The molecule has 166 valence electrons. The quantitative estimate of drug-likeness (QED) is 0.546. The first-order valence-electron chi connectivity index (χ1n) is 11.6. The Balaban J connectivity index is 1.47. The van der Waals surface area contributed by atoms with Gasteiger partial charge < -0.3 is 14.7 Å². The third-order valence-electron chi connectivity index (χ3n) is 6.83. The van der Waals surface area contributed by atoms with Gasteiger partial charge in [0, 0.05) is 42.8 Å². The lowest BCUT2D eigenvalue weighted by molar-refractivity contribution is -0.132. The van der Waals surface area contributed by atoms with Crippen molar-refractivity contribution in [1.29, 1.82) is 0 Å². The number of benzene rings is 2. The van der Waals surface area contributed by atoms with Gasteiger partial charge in [0.05, 0.1) is 6.04 Å². The lowest BCUT2D eigenvalue weighted by atomic mass is 9.84. The van der Waals surface area contributed by atoms with E-state index in [0.29, 0.717) is 24.3 Å². The molecule has 2 aromatic carbocycles. The number of amides is 1. The maximum absolute atomic E-state index is 12.5. The van der Waals surface area contributed by atoms with Crippen molar-refractivity contribution in [3.05, 3.63) is 64.1 Å². The van der Waals surface area contributed by atoms with Crippen molar-refractivity contribution in [2.24, 2.45) is 0 Å². The monoisotopic (exact) mass is 483 g/mol. The molecule has 1 amide bonds. The molecule has 0 bridgehead atoms. The standard InChI is InChI=1S/C26H34BrN3O/c1-28(2)17-15-26(31)29-18-13-20(14-19-29)23-6-3-4-7-24(23)25-8-5-16-30(25)22-11-9-21(27)10-12-22/h3-4,6-7,9-12,20,25H,5,8,13-19H2,1-2H3/t25-/m1/s1. The summed E-state index contributed by atoms with van der Waals surface area (Å²) in [6, 6.07) is 18.2. The second kappa shape index (κ2) is 10.2. The van der Waals surface area contributed by atoms with Crippen LogP contribution >= 0.6 is 15.9 Å². The maximum atomic E-state index is 12.5. The molecular formula is C26H34BrN3O. The predicted molar refractivity (Wildman–Crippen MR) is 132 cm³/mol. The minimum absolute atomic E-state index is 0.303. The molecule has 4 nitrogen and oxygen atoms in total. The van der Waals surface area contributed by atoms with Crippen LogP contribution in [0.25, 0.3) is 0 Å². The Labute approximate surface area is 195 Å². The van der Waals surface area contributed by atoms with Gasteiger partial charge in [-0.25, -0.2) is 0 Å². The van der Waals surface area contributed by atoms with Gasteiger partial charge >= 0.3 is 0 Å². The molecule has 31 heavy (non-hydrogen) atoms. The van der Waals surface area contributed by atoms with E-state index >= 15 is 0 Å². The Morgan fingerprint density at radius 2 is 1.65 bits per heavy atom. The van der Waals surface area contributed by atoms with Crippen molar-refractivity contribution < 1.29 is 4.79 Å². The van der Waals surface area contributed by atoms with Gasteiger partial charge in [0.1, 0.15) is 0 Å². The summed E-state index contributed by atoms with van der Waals surface area (Å²) < 4.78 is 1.12. The largest absolute Gasteiger partial charge is 0.364 e. The van der Waals surface area contributed by atoms with E-state index in [9.17, 15) is 4.79 Å². The lowest BCUT2D eigenvalue weighted by Gasteiger charge is -2.35. The summed E-state index contributed by atoms with van der Waals surface area (Å²) in [7, 11) is 4.05. The third-order valence-corrected chi connectivity index (χ3v) is 7.36. The normalized spacial score (nSPS) is 19.9. The van der Waals surface area contributed by atoms with Gasteiger partial charge in [0.2, 0.25) is 5.91 Å². The Bertz CT molecular complexity index is 874. The van der Waals surface area contributed by atoms with Gasteiger partial charge in [-0.15, -0.1) is 0 Å². The van der Waals surface area contributed by atoms with Gasteiger partial charge in [-0.1, -0.05) is 40.2 Å². The molecule has 0 unspecified atom stereocenters. The summed E-state index contributed by atoms with van der Waals surface area (Å²) in [6.45, 7) is 3.70. The molecule has 0 aromatic heterocycles. The van der Waals surface area contributed by atoms with E-state index in [1.54, 1.807) is 0 Å². The van der Waals surface area contributed by atoms with Crippen LogP contribution in [0, 0.1) is 0 Å². The number of likely N-dealkylation sites (tertiary alicyclic amines) is 1. The molecule has 0 saturated carbocycles. The zero-order chi connectivity index (χ0) is 21.8. The first-order chi connectivity index (χ1) is 15.0. The highest BCUT2D eigenvalue weighted by atomic mass is 79.9. The topological polar surface area (TPSA) is 26.8 Å². The van der Waals surface area contributed by atoms with Crippen molar-refractivity contribution in [3.8, 4) is 0 Å². The lowest BCUT2D eigenvalue weighted by Crippen LogP contribution is -2.39. The molecule has 1 atom stereocenters. The zero-order valence-electron chi connectivity index (χ0n) is 18.8. The summed E-state index contributed by atoms with van der Waals surface area (Å²) >= 11 is 3.56. The molecule has 5 heteroatoms. The number of halogens is 1. The van der Waals surface area contributed by atoms with E-state index in [1.807, 2.05) is 14.1 Å². The van der Waals surface area contributed by atoms with Crippen molar-refractivity contribution in [2.45, 2.75) is 44.1 Å². The number of carbonyl (C=O) groups excluding carboxylic acids is 1. The van der Waals surface area contributed by atoms with Crippen molar-refractivity contribution in [2.75, 3.05) is 45.2 Å². The second-order valence-corrected chi connectivity index (χ2v) is 10.1. The summed E-state index contributed by atoms with van der Waals surface area (Å²) in [4.78, 5) is 19.3. The van der Waals surface area contributed by atoms with E-state index in [0.717, 1.165) is 43.5 Å². The second-order valence-electron chi connectivity index (χ2n) is 9.17. The van der Waals surface area contributed by atoms with E-state index in [-0.39, 0.29) is 0 Å². The Morgan fingerprint density at radius 3 is 2.32 bits per heavy atom. The molecule has 4 rings (SSSR count). The number of hydrogen-bond donors (Lipinski definition) is 0. The maximum Gasteiger partial charge on any atom is 0.223 e. The highest BCUT2D eigenvalue weighted by Gasteiger charge is 2.31. The summed E-state index contributed by atoms with van der Waals surface area (Å²) in [5, 5.41) is 0. The fourth-order valence-corrected chi connectivity index (χ4v) is 5.40. The summed E-state index contributed by atoms with van der Waals surface area (Å²) in [5.74, 6) is 0.846. The van der Waals surface area contributed by atoms with E-state index in [1.165, 1.54) is 29.7 Å². The van der Waals surface area contributed by atoms with Gasteiger partial charge in [-0.05, 0) is 81.1 Å². The molecule has 2 aliphatic rings. The van der Waals surface area contributed by atoms with Crippen LogP contribution < -0.4 is 4.90 Å². The average molecular weight is 484 g/mol. The molecule has 2 aromatic rings. The molecule has 2 heterocycles. The van der Waals surface area contributed by atoms with E-state index < -0.39 is 0 Å². The van der Waals surface area contributed by atoms with E-state index in [2.05, 4.69) is 79.2 Å². The Hall–Kier alpha value is -1.85. The predicted octanol–water partition coefficient (Wildman–Crippen LogP) is 5.45. The highest BCUT2D eigenvalue weighted by Crippen LogP contribution is 2.41. The fourth-order valence-electron chi connectivity index (χ4n) is 5.14. The van der Waals surface area contributed by atoms with Gasteiger partial charge in [0.15, 0.2) is 0 Å². The first-order valence-corrected chi connectivity index (χ1v) is 12.4. The van der Waals surface area contributed by atoms with Crippen molar-refractivity contribution in [1.82, 2.24) is 9.80 Å². The number of anilines is 1. The number of nitrogens with zero attached hydrogens (tertiary/aromatic N) is 3. The third kappa shape index (κ3) is 5.32. The van der Waals surface area contributed by atoms with Crippen LogP contribution in [0.1, 0.15) is 55.2 Å². The van der Waals surface area contributed by atoms with Crippen LogP contribution in [0.4, 0.5) is 5.69 Å². The van der Waals surface area contributed by atoms with Crippen LogP contribution in [-0.4, -0.2) is 56.0 Å². The van der Waals surface area contributed by atoms with Gasteiger partial charge in [-0.2, -0.15) is 0 Å². The number of rotatable bonds is 6. The number of hydrogen-bond acceptors (Lipinski definition) is 3. The van der Waals surface area contributed by atoms with Crippen LogP contribution in [0.5, 0.6) is 0 Å². The number of carbonyl (C=O) groups is 1. The zero-order valence-corrected chi connectivity index (χ0v) is 20.4. The molecule has 0 spiro atoms. The molecule has 2 saturated heterocycles. The molecular weight excluding hydrogens is 450 g/mol. The van der Waals surface area contributed by atoms with Crippen LogP contribution in [0.15, 0.2) is 53.0 Å². The Kier molecular flexibility index (Phi) is 7.34. The SMILES string of the molecule is CN(C)CCC(=O)N1CCC(c2ccccc2[C@H]2CCCN2c2ccc(Br)cc2)CC1. The van der Waals surface area contributed by atoms with Gasteiger partial charge in [-0.3, -0.25) is 4.79 Å². The summed E-state index contributed by atoms with van der Waals surface area (Å²) in [6.07, 6.45) is 5.19. The molecule has 0 radical (unpaired) electrons. The van der Waals surface area contributed by atoms with Crippen LogP contribution in [0.2, 0.25) is 0 Å². The molecule has 0 aliphatic carbocycles. The fraction of sp³-hybridized carbons (Fsp3) is 0.500. The molecule has 2 aliphatic heterocycles.